The van der Waals surface area contributed by atoms with Crippen LogP contribution in [0.25, 0.3) is 0 Å². The summed E-state index contributed by atoms with van der Waals surface area (Å²) in [6.45, 7) is 4.03. The highest BCUT2D eigenvalue weighted by atomic mass is 19.1. The summed E-state index contributed by atoms with van der Waals surface area (Å²) in [5, 5.41) is 13.2. The second-order valence-corrected chi connectivity index (χ2v) is 5.04. The van der Waals surface area contributed by atoms with Crippen molar-refractivity contribution in [3.05, 3.63) is 29.6 Å². The summed E-state index contributed by atoms with van der Waals surface area (Å²) in [5.41, 5.74) is 0.656. The molecule has 1 fully saturated rings. The Morgan fingerprint density at radius 3 is 2.94 bits per heavy atom. The van der Waals surface area contributed by atoms with Gasteiger partial charge in [-0.1, -0.05) is 0 Å². The van der Waals surface area contributed by atoms with Crippen molar-refractivity contribution in [3.63, 3.8) is 0 Å². The zero-order valence-electron chi connectivity index (χ0n) is 11.0. The maximum Gasteiger partial charge on any atom is 0.123 e. The molecular weight excluding hydrogens is 231 g/mol. The number of nitrogens with one attached hydrogen (secondary N) is 1. The number of nitrogens with zero attached hydrogens (tertiary/aromatic N) is 1. The van der Waals surface area contributed by atoms with E-state index in [1.54, 1.807) is 0 Å². The van der Waals surface area contributed by atoms with E-state index in [0.29, 0.717) is 11.6 Å². The number of hydrogen-bond donors (Lipinski definition) is 2. The Hall–Kier alpha value is -1.13. The lowest BCUT2D eigenvalue weighted by molar-refractivity contribution is 0.154. The van der Waals surface area contributed by atoms with Crippen LogP contribution in [0.3, 0.4) is 0 Å². The van der Waals surface area contributed by atoms with E-state index in [1.807, 2.05) is 14.0 Å². The molecule has 1 heterocycles. The molecule has 0 radical (unpaired) electrons. The summed E-state index contributed by atoms with van der Waals surface area (Å²) in [4.78, 5) is 2.21. The van der Waals surface area contributed by atoms with Gasteiger partial charge < -0.3 is 10.4 Å². The van der Waals surface area contributed by atoms with E-state index in [0.717, 1.165) is 25.9 Å². The van der Waals surface area contributed by atoms with E-state index < -0.39 is 0 Å². The average Bonchev–Trinajstić information content (AvgIpc) is 2.41. The van der Waals surface area contributed by atoms with Crippen LogP contribution in [0, 0.1) is 5.82 Å². The lowest BCUT2D eigenvalue weighted by atomic mass is 10.0. The van der Waals surface area contributed by atoms with Gasteiger partial charge >= 0.3 is 0 Å². The number of rotatable bonds is 3. The molecule has 1 aromatic carbocycles. The molecule has 4 heteroatoms. The molecule has 0 aromatic heterocycles. The van der Waals surface area contributed by atoms with Crippen molar-refractivity contribution in [1.82, 2.24) is 10.2 Å². The first-order chi connectivity index (χ1) is 8.59. The van der Waals surface area contributed by atoms with Gasteiger partial charge in [0, 0.05) is 24.2 Å². The number of piperidine rings is 1. The fourth-order valence-electron chi connectivity index (χ4n) is 2.58. The van der Waals surface area contributed by atoms with Gasteiger partial charge in [-0.25, -0.2) is 4.39 Å². The Balaban J connectivity index is 2.13. The van der Waals surface area contributed by atoms with Crippen molar-refractivity contribution >= 4 is 0 Å². The van der Waals surface area contributed by atoms with Crippen LogP contribution in [0.15, 0.2) is 18.2 Å². The second-order valence-electron chi connectivity index (χ2n) is 5.04. The summed E-state index contributed by atoms with van der Waals surface area (Å²) in [5.74, 6) is -0.135. The van der Waals surface area contributed by atoms with E-state index in [1.165, 1.54) is 18.2 Å². The quantitative estimate of drug-likeness (QED) is 0.866. The lowest BCUT2D eigenvalue weighted by Gasteiger charge is -2.36. The predicted octanol–water partition coefficient (Wildman–Crippen LogP) is 2.28. The van der Waals surface area contributed by atoms with Crippen LogP contribution in [-0.2, 0) is 0 Å². The van der Waals surface area contributed by atoms with E-state index in [-0.39, 0.29) is 17.6 Å². The van der Waals surface area contributed by atoms with Gasteiger partial charge in [0.15, 0.2) is 0 Å². The summed E-state index contributed by atoms with van der Waals surface area (Å²) in [7, 11) is 2.03. The fourth-order valence-corrected chi connectivity index (χ4v) is 2.58. The third-order valence-electron chi connectivity index (χ3n) is 3.90. The van der Waals surface area contributed by atoms with E-state index >= 15 is 0 Å². The van der Waals surface area contributed by atoms with E-state index in [4.69, 9.17) is 0 Å². The van der Waals surface area contributed by atoms with E-state index in [2.05, 4.69) is 10.2 Å². The molecule has 0 bridgehead atoms. The number of likely N-dealkylation sites (N-methyl/N-ethyl adjacent to an activating group) is 1. The highest BCUT2D eigenvalue weighted by Crippen LogP contribution is 2.30. The molecule has 18 heavy (non-hydrogen) atoms. The van der Waals surface area contributed by atoms with Gasteiger partial charge in [-0.2, -0.15) is 0 Å². The minimum atomic E-state index is -0.301. The molecular formula is C14H21FN2O. The van der Waals surface area contributed by atoms with Crippen LogP contribution in [0.4, 0.5) is 4.39 Å². The molecule has 100 valence electrons. The number of hydrogen-bond acceptors (Lipinski definition) is 3. The van der Waals surface area contributed by atoms with Crippen molar-refractivity contribution < 1.29 is 9.50 Å². The number of halogens is 1. The van der Waals surface area contributed by atoms with Crippen molar-refractivity contribution in [2.24, 2.45) is 0 Å². The Labute approximate surface area is 108 Å². The van der Waals surface area contributed by atoms with Crippen LogP contribution in [0.5, 0.6) is 5.75 Å². The molecule has 0 saturated carbocycles. The first kappa shape index (κ1) is 13.3. The number of benzene rings is 1. The first-order valence-corrected chi connectivity index (χ1v) is 6.50. The number of phenolic OH excluding ortho intramolecular Hbond substituents is 1. The topological polar surface area (TPSA) is 35.5 Å². The normalized spacial score (nSPS) is 22.1. The first-order valence-electron chi connectivity index (χ1n) is 6.50. The van der Waals surface area contributed by atoms with E-state index in [9.17, 15) is 9.50 Å². The van der Waals surface area contributed by atoms with Crippen molar-refractivity contribution in [3.8, 4) is 5.75 Å². The molecule has 1 aliphatic heterocycles. The van der Waals surface area contributed by atoms with Crippen LogP contribution in [0.2, 0.25) is 0 Å². The Morgan fingerprint density at radius 2 is 2.28 bits per heavy atom. The fraction of sp³-hybridized carbons (Fsp3) is 0.571. The SMILES string of the molecule is CC(c1cc(F)ccc1O)N(C)C1CCCNC1. The monoisotopic (exact) mass is 252 g/mol. The van der Waals surface area contributed by atoms with Gasteiger partial charge in [0.05, 0.1) is 0 Å². The predicted molar refractivity (Wildman–Crippen MR) is 70.1 cm³/mol. The van der Waals surface area contributed by atoms with Crippen LogP contribution in [-0.4, -0.2) is 36.2 Å². The molecule has 2 rings (SSSR count). The van der Waals surface area contributed by atoms with Crippen molar-refractivity contribution in [2.45, 2.75) is 31.8 Å². The van der Waals surface area contributed by atoms with Gasteiger partial charge in [-0.3, -0.25) is 4.90 Å². The minimum Gasteiger partial charge on any atom is -0.508 e. The molecule has 0 spiro atoms. The number of phenols is 1. The Bertz CT molecular complexity index is 405. The summed E-state index contributed by atoms with van der Waals surface area (Å²) < 4.78 is 13.3. The summed E-state index contributed by atoms with van der Waals surface area (Å²) in [6, 6.07) is 4.58. The van der Waals surface area contributed by atoms with Gasteiger partial charge in [-0.05, 0) is 51.6 Å². The van der Waals surface area contributed by atoms with Crippen molar-refractivity contribution in [1.29, 1.82) is 0 Å². The van der Waals surface area contributed by atoms with Gasteiger partial charge in [0.25, 0.3) is 0 Å². The maximum atomic E-state index is 13.3. The Kier molecular flexibility index (Phi) is 4.19. The molecule has 0 amide bonds. The largest absolute Gasteiger partial charge is 0.508 e. The Morgan fingerprint density at radius 1 is 1.50 bits per heavy atom. The third kappa shape index (κ3) is 2.82. The molecule has 3 nitrogen and oxygen atoms in total. The minimum absolute atomic E-state index is 0.00519. The summed E-state index contributed by atoms with van der Waals surface area (Å²) >= 11 is 0. The molecule has 2 unspecified atom stereocenters. The van der Waals surface area contributed by atoms with Crippen LogP contribution < -0.4 is 5.32 Å². The van der Waals surface area contributed by atoms with Gasteiger partial charge in [-0.15, -0.1) is 0 Å². The van der Waals surface area contributed by atoms with Crippen molar-refractivity contribution in [2.75, 3.05) is 20.1 Å². The van der Waals surface area contributed by atoms with Crippen LogP contribution in [0.1, 0.15) is 31.4 Å². The lowest BCUT2D eigenvalue weighted by Crippen LogP contribution is -2.45. The van der Waals surface area contributed by atoms with Crippen LogP contribution >= 0.6 is 0 Å². The maximum absolute atomic E-state index is 13.3. The third-order valence-corrected chi connectivity index (χ3v) is 3.90. The summed E-state index contributed by atoms with van der Waals surface area (Å²) in [6.07, 6.45) is 2.31. The second kappa shape index (κ2) is 5.67. The molecule has 1 aromatic rings. The molecule has 2 atom stereocenters. The molecule has 0 aliphatic carbocycles. The van der Waals surface area contributed by atoms with Gasteiger partial charge in [0.2, 0.25) is 0 Å². The number of aromatic hydroxyl groups is 1. The zero-order valence-corrected chi connectivity index (χ0v) is 11.0. The molecule has 1 saturated heterocycles. The van der Waals surface area contributed by atoms with Gasteiger partial charge in [0.1, 0.15) is 11.6 Å². The average molecular weight is 252 g/mol. The standard InChI is InChI=1S/C14H21FN2O/c1-10(13-8-11(15)5-6-14(13)18)17(2)12-4-3-7-16-9-12/h5-6,8,10,12,16,18H,3-4,7,9H2,1-2H3. The highest BCUT2D eigenvalue weighted by Gasteiger charge is 2.24. The highest BCUT2D eigenvalue weighted by molar-refractivity contribution is 5.35. The molecule has 2 N–H and O–H groups in total. The molecule has 1 aliphatic rings. The smallest absolute Gasteiger partial charge is 0.123 e. The zero-order chi connectivity index (χ0) is 13.1.